The third-order valence-corrected chi connectivity index (χ3v) is 8.28. The fourth-order valence-corrected chi connectivity index (χ4v) is 5.84. The second kappa shape index (κ2) is 10.4. The molecule has 0 spiro atoms. The molecular weight excluding hydrogens is 506 g/mol. The zero-order valence-corrected chi connectivity index (χ0v) is 22.4. The van der Waals surface area contributed by atoms with E-state index < -0.39 is 20.0 Å². The molecule has 2 aromatic rings. The predicted molar refractivity (Wildman–Crippen MR) is 138 cm³/mol. The number of hydrogen-bond donors (Lipinski definition) is 1. The molecule has 2 fully saturated rings. The molecule has 1 aromatic carbocycles. The maximum absolute atomic E-state index is 12.8. The van der Waals surface area contributed by atoms with E-state index in [0.29, 0.717) is 52.4 Å². The molecule has 0 bridgehead atoms. The largest absolute Gasteiger partial charge is 0.369 e. The molecule has 0 radical (unpaired) electrons. The van der Waals surface area contributed by atoms with Crippen molar-refractivity contribution in [3.05, 3.63) is 41.6 Å². The van der Waals surface area contributed by atoms with Crippen molar-refractivity contribution in [3.63, 3.8) is 0 Å². The number of piperazine rings is 2. The minimum Gasteiger partial charge on any atom is -0.369 e. The molecule has 3 heterocycles. The number of anilines is 2. The van der Waals surface area contributed by atoms with Gasteiger partial charge in [-0.1, -0.05) is 12.1 Å². The zero-order chi connectivity index (χ0) is 26.1. The summed E-state index contributed by atoms with van der Waals surface area (Å²) in [5.41, 5.74) is 3.46. The first-order valence-corrected chi connectivity index (χ1v) is 15.5. The number of benzene rings is 1. The first-order chi connectivity index (χ1) is 16.9. The van der Waals surface area contributed by atoms with Crippen LogP contribution >= 0.6 is 0 Å². The summed E-state index contributed by atoms with van der Waals surface area (Å²) in [6, 6.07) is 7.53. The highest BCUT2D eigenvalue weighted by atomic mass is 32.2. The van der Waals surface area contributed by atoms with Crippen molar-refractivity contribution >= 4 is 37.6 Å². The first-order valence-electron chi connectivity index (χ1n) is 11.7. The summed E-state index contributed by atoms with van der Waals surface area (Å²) < 4.78 is 51.4. The van der Waals surface area contributed by atoms with E-state index in [9.17, 15) is 21.6 Å². The van der Waals surface area contributed by atoms with Gasteiger partial charge in [0.1, 0.15) is 0 Å². The second-order valence-electron chi connectivity index (χ2n) is 9.35. The smallest absolute Gasteiger partial charge is 0.344 e. The van der Waals surface area contributed by atoms with Crippen molar-refractivity contribution in [2.75, 3.05) is 74.5 Å². The fourth-order valence-electron chi connectivity index (χ4n) is 4.52. The lowest BCUT2D eigenvalue weighted by Gasteiger charge is -2.38. The number of nitrogens with zero attached hydrogens (tertiary/aromatic N) is 6. The SMILES string of the molecule is Cc1ccc(CN2CCN(C(=O)n3ccc(NS(C)(=O)=O)n3)CC2)c(N2CCN(S(C)(=O)=O)CC2)c1. The van der Waals surface area contributed by atoms with E-state index in [1.54, 1.807) is 4.90 Å². The summed E-state index contributed by atoms with van der Waals surface area (Å²) in [5, 5.41) is 4.02. The van der Waals surface area contributed by atoms with E-state index in [1.165, 1.54) is 28.4 Å². The monoisotopic (exact) mass is 539 g/mol. The Bertz CT molecular complexity index is 1310. The Morgan fingerprint density at radius 3 is 2.22 bits per heavy atom. The van der Waals surface area contributed by atoms with Gasteiger partial charge in [-0.25, -0.2) is 21.6 Å². The Labute approximate surface area is 212 Å². The lowest BCUT2D eigenvalue weighted by molar-refractivity contribution is 0.134. The van der Waals surface area contributed by atoms with Gasteiger partial charge in [-0.15, -0.1) is 5.10 Å². The van der Waals surface area contributed by atoms with Gasteiger partial charge in [0, 0.05) is 76.9 Å². The number of aromatic nitrogens is 2. The van der Waals surface area contributed by atoms with Crippen molar-refractivity contribution in [3.8, 4) is 0 Å². The highest BCUT2D eigenvalue weighted by Crippen LogP contribution is 2.26. The van der Waals surface area contributed by atoms with Crippen molar-refractivity contribution < 1.29 is 21.6 Å². The predicted octanol–water partition coefficient (Wildman–Crippen LogP) is 0.431. The Hall–Kier alpha value is -2.68. The van der Waals surface area contributed by atoms with Crippen LogP contribution in [0.15, 0.2) is 30.5 Å². The van der Waals surface area contributed by atoms with Gasteiger partial charge < -0.3 is 9.80 Å². The molecule has 14 heteroatoms. The molecule has 2 aliphatic rings. The summed E-state index contributed by atoms with van der Waals surface area (Å²) in [6.07, 6.45) is 3.73. The van der Waals surface area contributed by atoms with Gasteiger partial charge in [-0.05, 0) is 24.1 Å². The van der Waals surface area contributed by atoms with Crippen LogP contribution in [0.1, 0.15) is 11.1 Å². The molecular formula is C22H33N7O5S2. The Morgan fingerprint density at radius 2 is 1.61 bits per heavy atom. The lowest BCUT2D eigenvalue weighted by atomic mass is 10.1. The van der Waals surface area contributed by atoms with Crippen molar-refractivity contribution in [2.45, 2.75) is 13.5 Å². The van der Waals surface area contributed by atoms with E-state index in [2.05, 4.69) is 44.7 Å². The van der Waals surface area contributed by atoms with E-state index >= 15 is 0 Å². The summed E-state index contributed by atoms with van der Waals surface area (Å²) in [4.78, 5) is 19.1. The van der Waals surface area contributed by atoms with Crippen LogP contribution in [-0.2, 0) is 26.6 Å². The number of carbonyl (C=O) groups is 1. The van der Waals surface area contributed by atoms with E-state index in [4.69, 9.17) is 0 Å². The van der Waals surface area contributed by atoms with Gasteiger partial charge in [-0.2, -0.15) is 8.99 Å². The van der Waals surface area contributed by atoms with E-state index in [1.807, 2.05) is 0 Å². The Balaban J connectivity index is 1.36. The highest BCUT2D eigenvalue weighted by Gasteiger charge is 2.27. The van der Waals surface area contributed by atoms with Crippen LogP contribution in [0.25, 0.3) is 0 Å². The quantitative estimate of drug-likeness (QED) is 0.560. The van der Waals surface area contributed by atoms with Gasteiger partial charge in [0.05, 0.1) is 12.5 Å². The lowest BCUT2D eigenvalue weighted by Crippen LogP contribution is -2.50. The number of aryl methyl sites for hydroxylation is 1. The number of sulfonamides is 2. The molecule has 12 nitrogen and oxygen atoms in total. The molecule has 1 amide bonds. The molecule has 1 N–H and O–H groups in total. The average Bonchev–Trinajstić information content (AvgIpc) is 3.26. The van der Waals surface area contributed by atoms with Crippen LogP contribution in [0.3, 0.4) is 0 Å². The highest BCUT2D eigenvalue weighted by molar-refractivity contribution is 7.92. The molecule has 2 saturated heterocycles. The number of amides is 1. The molecule has 0 saturated carbocycles. The number of carbonyl (C=O) groups excluding carboxylic acids is 1. The van der Waals surface area contributed by atoms with Crippen molar-refractivity contribution in [1.82, 2.24) is 23.9 Å². The van der Waals surface area contributed by atoms with Crippen LogP contribution in [-0.4, -0.2) is 112 Å². The average molecular weight is 540 g/mol. The summed E-state index contributed by atoms with van der Waals surface area (Å²) in [5.74, 6) is 0.105. The van der Waals surface area contributed by atoms with E-state index in [0.717, 1.165) is 28.7 Å². The normalized spacial score (nSPS) is 18.4. The summed E-state index contributed by atoms with van der Waals surface area (Å²) >= 11 is 0. The molecule has 0 atom stereocenters. The van der Waals surface area contributed by atoms with Crippen LogP contribution in [0.5, 0.6) is 0 Å². The molecule has 0 unspecified atom stereocenters. The van der Waals surface area contributed by atoms with E-state index in [-0.39, 0.29) is 11.8 Å². The van der Waals surface area contributed by atoms with Crippen LogP contribution in [0, 0.1) is 6.92 Å². The molecule has 1 aromatic heterocycles. The fraction of sp³-hybridized carbons (Fsp3) is 0.545. The Morgan fingerprint density at radius 1 is 0.944 bits per heavy atom. The topological polar surface area (TPSA) is 128 Å². The molecule has 2 aliphatic heterocycles. The third kappa shape index (κ3) is 6.55. The van der Waals surface area contributed by atoms with Gasteiger partial charge in [-0.3, -0.25) is 9.62 Å². The van der Waals surface area contributed by atoms with Crippen LogP contribution in [0.2, 0.25) is 0 Å². The summed E-state index contributed by atoms with van der Waals surface area (Å²) in [6.45, 7) is 7.46. The van der Waals surface area contributed by atoms with Gasteiger partial charge in [0.25, 0.3) is 0 Å². The number of rotatable bonds is 6. The minimum absolute atomic E-state index is 0.105. The maximum atomic E-state index is 12.8. The van der Waals surface area contributed by atoms with Crippen molar-refractivity contribution in [1.29, 1.82) is 0 Å². The molecule has 198 valence electrons. The third-order valence-electron chi connectivity index (χ3n) is 6.40. The van der Waals surface area contributed by atoms with Crippen LogP contribution < -0.4 is 9.62 Å². The number of hydrogen-bond acceptors (Lipinski definition) is 8. The van der Waals surface area contributed by atoms with Gasteiger partial charge in [0.15, 0.2) is 5.82 Å². The Kier molecular flexibility index (Phi) is 7.59. The maximum Gasteiger partial charge on any atom is 0.344 e. The zero-order valence-electron chi connectivity index (χ0n) is 20.8. The van der Waals surface area contributed by atoms with Gasteiger partial charge >= 0.3 is 6.03 Å². The van der Waals surface area contributed by atoms with Crippen molar-refractivity contribution in [2.24, 2.45) is 0 Å². The van der Waals surface area contributed by atoms with Crippen LogP contribution in [0.4, 0.5) is 16.3 Å². The summed E-state index contributed by atoms with van der Waals surface area (Å²) in [7, 11) is -6.65. The second-order valence-corrected chi connectivity index (χ2v) is 13.1. The van der Waals surface area contributed by atoms with Gasteiger partial charge in [0.2, 0.25) is 20.0 Å². The molecule has 4 rings (SSSR count). The minimum atomic E-state index is -3.47. The number of nitrogens with one attached hydrogen (secondary N) is 1. The molecule has 0 aliphatic carbocycles. The first kappa shape index (κ1) is 26.4. The standard InChI is InChI=1S/C22H33N7O5S2/c1-18-4-5-19(20(16-18)26-12-14-28(15-13-26)36(3,33)34)17-25-8-10-27(11-9-25)22(30)29-7-6-21(23-29)24-35(2,31)32/h4-7,16H,8-15,17H2,1-3H3,(H,23,24). The molecule has 36 heavy (non-hydrogen) atoms.